The summed E-state index contributed by atoms with van der Waals surface area (Å²) in [5.41, 5.74) is 0. The molecule has 0 N–H and O–H groups in total. The second kappa shape index (κ2) is 6.25. The second-order valence-electron chi connectivity index (χ2n) is 3.68. The number of nitrogens with zero attached hydrogens (tertiary/aromatic N) is 2. The van der Waals surface area contributed by atoms with Gasteiger partial charge < -0.3 is 9.64 Å². The van der Waals surface area contributed by atoms with Gasteiger partial charge in [0.2, 0.25) is 0 Å². The van der Waals surface area contributed by atoms with Gasteiger partial charge in [0, 0.05) is 18.8 Å². The first kappa shape index (κ1) is 14.1. The third-order valence-electron chi connectivity index (χ3n) is 2.63. The van der Waals surface area contributed by atoms with Gasteiger partial charge in [0.25, 0.3) is 11.1 Å². The highest BCUT2D eigenvalue weighted by atomic mass is 127. The fourth-order valence-corrected chi connectivity index (χ4v) is 3.93. The molecule has 0 bridgehead atoms. The van der Waals surface area contributed by atoms with Crippen LogP contribution in [0.3, 0.4) is 0 Å². The van der Waals surface area contributed by atoms with E-state index in [-0.39, 0.29) is 11.1 Å². The molecule has 0 aliphatic carbocycles. The van der Waals surface area contributed by atoms with Gasteiger partial charge in [-0.25, -0.2) is 0 Å². The number of carbonyl (C=O) groups excluding carboxylic acids is 1. The summed E-state index contributed by atoms with van der Waals surface area (Å²) in [6, 6.07) is 0. The van der Waals surface area contributed by atoms with E-state index >= 15 is 0 Å². The maximum absolute atomic E-state index is 11.9. The summed E-state index contributed by atoms with van der Waals surface area (Å²) in [6.45, 7) is 3.47. The predicted octanol–water partition coefficient (Wildman–Crippen LogP) is 2.32. The van der Waals surface area contributed by atoms with Crippen molar-refractivity contribution in [2.75, 3.05) is 23.4 Å². The Morgan fingerprint density at radius 2 is 2.33 bits per heavy atom. The predicted molar refractivity (Wildman–Crippen MR) is 85.3 cm³/mol. The highest BCUT2D eigenvalue weighted by Crippen LogP contribution is 2.28. The number of thioether (sulfide) groups is 1. The Bertz CT molecular complexity index is 437. The average Bonchev–Trinajstić information content (AvgIpc) is 2.91. The molecule has 0 spiro atoms. The van der Waals surface area contributed by atoms with E-state index in [2.05, 4.69) is 27.5 Å². The minimum atomic E-state index is -0.150. The first-order valence-electron chi connectivity index (χ1n) is 5.56. The molecule has 0 radical (unpaired) electrons. The zero-order valence-corrected chi connectivity index (χ0v) is 13.7. The lowest BCUT2D eigenvalue weighted by molar-refractivity contribution is -0.122. The normalized spacial score (nSPS) is 24.6. The number of thiocarbonyl (C=S) groups is 1. The van der Waals surface area contributed by atoms with E-state index in [0.29, 0.717) is 12.3 Å². The van der Waals surface area contributed by atoms with Gasteiger partial charge in [-0.05, 0) is 31.3 Å². The molecular weight excluding hydrogens is 383 g/mol. The van der Waals surface area contributed by atoms with Crippen molar-refractivity contribution in [3.8, 4) is 0 Å². The van der Waals surface area contributed by atoms with Crippen molar-refractivity contribution in [2.45, 2.75) is 6.92 Å². The first-order valence-corrected chi connectivity index (χ1v) is 8.48. The summed E-state index contributed by atoms with van der Waals surface area (Å²) in [5.74, 6) is 1.25. The quantitative estimate of drug-likeness (QED) is 0.241. The Morgan fingerprint density at radius 3 is 2.94 bits per heavy atom. The van der Waals surface area contributed by atoms with Gasteiger partial charge in [-0.1, -0.05) is 22.6 Å². The lowest BCUT2D eigenvalue weighted by Gasteiger charge is -2.13. The van der Waals surface area contributed by atoms with Crippen LogP contribution < -0.4 is 0 Å². The molecule has 2 fully saturated rings. The molecular formula is C11H13IN2O2S2. The topological polar surface area (TPSA) is 32.8 Å². The molecule has 0 unspecified atom stereocenters. The minimum Gasteiger partial charge on any atom is -0.426 e. The van der Waals surface area contributed by atoms with Crippen molar-refractivity contribution in [1.82, 2.24) is 9.80 Å². The number of rotatable bonds is 3. The van der Waals surface area contributed by atoms with Crippen LogP contribution in [0.1, 0.15) is 6.92 Å². The van der Waals surface area contributed by atoms with Gasteiger partial charge in [-0.15, -0.1) is 11.8 Å². The van der Waals surface area contributed by atoms with Crippen molar-refractivity contribution in [3.63, 3.8) is 0 Å². The van der Waals surface area contributed by atoms with E-state index in [9.17, 15) is 4.79 Å². The van der Waals surface area contributed by atoms with E-state index in [4.69, 9.17) is 17.0 Å². The highest BCUT2D eigenvalue weighted by molar-refractivity contribution is 14.1. The van der Waals surface area contributed by atoms with Crippen LogP contribution in [0.2, 0.25) is 0 Å². The largest absolute Gasteiger partial charge is 0.426 e. The SMILES string of the molecule is CCN1C(=O)/C(=C\C=C2/SCCN2CI)OC1=S. The van der Waals surface area contributed by atoms with Crippen LogP contribution in [0.25, 0.3) is 0 Å². The van der Waals surface area contributed by atoms with Crippen LogP contribution in [0.4, 0.5) is 0 Å². The monoisotopic (exact) mass is 396 g/mol. The van der Waals surface area contributed by atoms with Gasteiger partial charge in [-0.2, -0.15) is 0 Å². The van der Waals surface area contributed by atoms with Crippen molar-refractivity contribution in [3.05, 3.63) is 22.9 Å². The van der Waals surface area contributed by atoms with E-state index in [1.165, 1.54) is 9.93 Å². The van der Waals surface area contributed by atoms with Crippen LogP contribution in [-0.2, 0) is 9.53 Å². The first-order chi connectivity index (χ1) is 8.67. The van der Waals surface area contributed by atoms with E-state index in [0.717, 1.165) is 16.8 Å². The number of halogens is 1. The summed E-state index contributed by atoms with van der Waals surface area (Å²) in [6.07, 6.45) is 3.66. The van der Waals surface area contributed by atoms with Gasteiger partial charge in [-0.3, -0.25) is 9.69 Å². The molecule has 2 heterocycles. The molecule has 0 saturated carbocycles. The Morgan fingerprint density at radius 1 is 1.56 bits per heavy atom. The highest BCUT2D eigenvalue weighted by Gasteiger charge is 2.31. The number of hydrogen-bond donors (Lipinski definition) is 0. The van der Waals surface area contributed by atoms with Gasteiger partial charge in [0.1, 0.15) is 0 Å². The standard InChI is InChI=1S/C11H13IN2O2S2/c1-2-14-10(15)8(16-11(14)17)3-4-9-13(7-12)5-6-18-9/h3-4H,2,5-7H2,1H3/b8-3+,9-4-. The summed E-state index contributed by atoms with van der Waals surface area (Å²) in [5, 5.41) is 1.42. The summed E-state index contributed by atoms with van der Waals surface area (Å²) < 4.78 is 6.25. The number of amides is 1. The number of alkyl halides is 1. The second-order valence-corrected chi connectivity index (χ2v) is 5.83. The molecule has 18 heavy (non-hydrogen) atoms. The zero-order valence-electron chi connectivity index (χ0n) is 9.89. The smallest absolute Gasteiger partial charge is 0.297 e. The summed E-state index contributed by atoms with van der Waals surface area (Å²) in [4.78, 5) is 15.6. The Kier molecular flexibility index (Phi) is 4.91. The van der Waals surface area contributed by atoms with E-state index in [1.807, 2.05) is 13.0 Å². The maximum Gasteiger partial charge on any atom is 0.297 e. The van der Waals surface area contributed by atoms with Crippen molar-refractivity contribution in [1.29, 1.82) is 0 Å². The van der Waals surface area contributed by atoms with Crippen molar-refractivity contribution >= 4 is 57.7 Å². The molecule has 2 saturated heterocycles. The fraction of sp³-hybridized carbons (Fsp3) is 0.455. The van der Waals surface area contributed by atoms with E-state index in [1.54, 1.807) is 17.8 Å². The molecule has 2 rings (SSSR count). The summed E-state index contributed by atoms with van der Waals surface area (Å²) in [7, 11) is 0. The van der Waals surface area contributed by atoms with Crippen LogP contribution in [-0.4, -0.2) is 44.3 Å². The van der Waals surface area contributed by atoms with Crippen LogP contribution in [0.5, 0.6) is 0 Å². The van der Waals surface area contributed by atoms with Gasteiger partial charge in [0.05, 0.1) is 9.58 Å². The van der Waals surface area contributed by atoms with Crippen molar-refractivity contribution < 1.29 is 9.53 Å². The number of allylic oxidation sites excluding steroid dienone is 2. The van der Waals surface area contributed by atoms with E-state index < -0.39 is 0 Å². The molecule has 2 aliphatic rings. The molecule has 2 aliphatic heterocycles. The molecule has 0 aromatic heterocycles. The minimum absolute atomic E-state index is 0.150. The molecule has 98 valence electrons. The third kappa shape index (κ3) is 2.83. The molecule has 7 heteroatoms. The number of likely N-dealkylation sites (N-methyl/N-ethyl adjacent to an activating group) is 1. The Labute approximate surface area is 130 Å². The maximum atomic E-state index is 11.9. The number of carbonyl (C=O) groups is 1. The lowest BCUT2D eigenvalue weighted by atomic mass is 10.4. The number of ether oxygens (including phenoxy) is 1. The number of hydrogen-bond acceptors (Lipinski definition) is 5. The summed E-state index contributed by atoms with van der Waals surface area (Å²) >= 11 is 9.12. The molecule has 0 aromatic rings. The molecule has 0 aromatic carbocycles. The van der Waals surface area contributed by atoms with Gasteiger partial charge >= 0.3 is 0 Å². The lowest BCUT2D eigenvalue weighted by Crippen LogP contribution is -2.27. The van der Waals surface area contributed by atoms with Gasteiger partial charge in [0.15, 0.2) is 5.76 Å². The Balaban J connectivity index is 2.13. The Hall–Kier alpha value is -0.280. The molecule has 0 atom stereocenters. The molecule has 1 amide bonds. The average molecular weight is 396 g/mol. The van der Waals surface area contributed by atoms with Crippen molar-refractivity contribution in [2.24, 2.45) is 0 Å². The fourth-order valence-electron chi connectivity index (χ4n) is 1.67. The van der Waals surface area contributed by atoms with Crippen LogP contribution in [0.15, 0.2) is 22.9 Å². The molecule has 4 nitrogen and oxygen atoms in total. The van der Waals surface area contributed by atoms with Crippen LogP contribution >= 0.6 is 46.6 Å². The third-order valence-corrected chi connectivity index (χ3v) is 4.84. The zero-order chi connectivity index (χ0) is 13.1. The van der Waals surface area contributed by atoms with Crippen LogP contribution in [0, 0.1) is 0 Å².